The molecule has 0 aromatic rings. The zero-order chi connectivity index (χ0) is 11.8. The first-order chi connectivity index (χ1) is 7.76. The summed E-state index contributed by atoms with van der Waals surface area (Å²) in [6, 6.07) is 0.426. The van der Waals surface area contributed by atoms with Crippen LogP contribution in [0, 0.1) is 5.92 Å². The SMILES string of the molecule is CNC(COC)CN(C)CC1CCOCC1. The third-order valence-electron chi connectivity index (χ3n) is 3.22. The molecule has 1 aliphatic rings. The minimum Gasteiger partial charge on any atom is -0.383 e. The highest BCUT2D eigenvalue weighted by Crippen LogP contribution is 2.15. The zero-order valence-corrected chi connectivity index (χ0v) is 10.9. The Morgan fingerprint density at radius 1 is 1.44 bits per heavy atom. The number of ether oxygens (including phenoxy) is 2. The van der Waals surface area contributed by atoms with Crippen molar-refractivity contribution in [1.82, 2.24) is 10.2 Å². The Morgan fingerprint density at radius 2 is 2.12 bits per heavy atom. The molecule has 1 N–H and O–H groups in total. The number of nitrogens with zero attached hydrogens (tertiary/aromatic N) is 1. The maximum Gasteiger partial charge on any atom is 0.0628 e. The lowest BCUT2D eigenvalue weighted by Gasteiger charge is -2.29. The van der Waals surface area contributed by atoms with Crippen LogP contribution in [0.4, 0.5) is 0 Å². The third kappa shape index (κ3) is 5.25. The standard InChI is InChI=1S/C12H26N2O2/c1-13-12(10-15-3)9-14(2)8-11-4-6-16-7-5-11/h11-13H,4-10H2,1-3H3. The monoisotopic (exact) mass is 230 g/mol. The molecule has 0 amide bonds. The van der Waals surface area contributed by atoms with Gasteiger partial charge in [-0.25, -0.2) is 0 Å². The summed E-state index contributed by atoms with van der Waals surface area (Å²) < 4.78 is 10.5. The van der Waals surface area contributed by atoms with E-state index < -0.39 is 0 Å². The van der Waals surface area contributed by atoms with Gasteiger partial charge in [-0.1, -0.05) is 0 Å². The van der Waals surface area contributed by atoms with Crippen LogP contribution in [0.3, 0.4) is 0 Å². The molecule has 1 atom stereocenters. The highest BCUT2D eigenvalue weighted by molar-refractivity contribution is 4.72. The fraction of sp³-hybridized carbons (Fsp3) is 1.00. The van der Waals surface area contributed by atoms with Crippen molar-refractivity contribution in [3.05, 3.63) is 0 Å². The Kier molecular flexibility index (Phi) is 6.96. The number of nitrogens with one attached hydrogen (secondary N) is 1. The largest absolute Gasteiger partial charge is 0.383 e. The van der Waals surface area contributed by atoms with Crippen molar-refractivity contribution in [2.45, 2.75) is 18.9 Å². The van der Waals surface area contributed by atoms with Gasteiger partial charge in [0.2, 0.25) is 0 Å². The molecule has 0 saturated carbocycles. The molecule has 96 valence electrons. The molecule has 1 heterocycles. The molecule has 1 saturated heterocycles. The lowest BCUT2D eigenvalue weighted by molar-refractivity contribution is 0.0530. The van der Waals surface area contributed by atoms with Crippen LogP contribution < -0.4 is 5.32 Å². The summed E-state index contributed by atoms with van der Waals surface area (Å²) in [5.41, 5.74) is 0. The average Bonchev–Trinajstić information content (AvgIpc) is 2.29. The van der Waals surface area contributed by atoms with Crippen LogP contribution in [0.25, 0.3) is 0 Å². The quantitative estimate of drug-likeness (QED) is 0.694. The van der Waals surface area contributed by atoms with Crippen LogP contribution in [-0.2, 0) is 9.47 Å². The molecule has 16 heavy (non-hydrogen) atoms. The van der Waals surface area contributed by atoms with Crippen LogP contribution in [0.15, 0.2) is 0 Å². The first kappa shape index (κ1) is 13.9. The fourth-order valence-electron chi connectivity index (χ4n) is 2.25. The Balaban J connectivity index is 2.19. The second-order valence-electron chi connectivity index (χ2n) is 4.72. The van der Waals surface area contributed by atoms with Crippen LogP contribution in [-0.4, -0.2) is 65.1 Å². The third-order valence-corrected chi connectivity index (χ3v) is 3.22. The van der Waals surface area contributed by atoms with Gasteiger partial charge in [0, 0.05) is 39.5 Å². The molecule has 1 fully saturated rings. The van der Waals surface area contributed by atoms with Gasteiger partial charge in [0.25, 0.3) is 0 Å². The summed E-state index contributed by atoms with van der Waals surface area (Å²) in [6.45, 7) is 4.86. The van der Waals surface area contributed by atoms with E-state index in [1.54, 1.807) is 7.11 Å². The van der Waals surface area contributed by atoms with Gasteiger partial charge in [-0.3, -0.25) is 0 Å². The summed E-state index contributed by atoms with van der Waals surface area (Å²) in [6.07, 6.45) is 2.41. The predicted octanol–water partition coefficient (Wildman–Crippen LogP) is 0.579. The number of rotatable bonds is 7. The molecule has 0 bridgehead atoms. The van der Waals surface area contributed by atoms with Gasteiger partial charge in [0.1, 0.15) is 0 Å². The van der Waals surface area contributed by atoms with Crippen molar-refractivity contribution in [3.63, 3.8) is 0 Å². The molecule has 1 rings (SSSR count). The Hall–Kier alpha value is -0.160. The van der Waals surface area contributed by atoms with Crippen LogP contribution in [0.5, 0.6) is 0 Å². The van der Waals surface area contributed by atoms with Crippen LogP contribution >= 0.6 is 0 Å². The van der Waals surface area contributed by atoms with Gasteiger partial charge in [-0.15, -0.1) is 0 Å². The van der Waals surface area contributed by atoms with Crippen LogP contribution in [0.2, 0.25) is 0 Å². The van der Waals surface area contributed by atoms with Crippen molar-refractivity contribution in [2.75, 3.05) is 54.1 Å². The number of methoxy groups -OCH3 is 1. The van der Waals surface area contributed by atoms with Gasteiger partial charge in [0.15, 0.2) is 0 Å². The molecule has 0 aromatic carbocycles. The van der Waals surface area contributed by atoms with E-state index in [4.69, 9.17) is 9.47 Å². The van der Waals surface area contributed by atoms with E-state index in [0.717, 1.165) is 32.3 Å². The molecule has 0 aromatic heterocycles. The van der Waals surface area contributed by atoms with Gasteiger partial charge in [-0.2, -0.15) is 0 Å². The molecule has 1 unspecified atom stereocenters. The molecule has 0 spiro atoms. The normalized spacial score (nSPS) is 20.2. The smallest absolute Gasteiger partial charge is 0.0628 e. The number of likely N-dealkylation sites (N-methyl/N-ethyl adjacent to an activating group) is 2. The summed E-state index contributed by atoms with van der Waals surface area (Å²) in [5.74, 6) is 0.804. The van der Waals surface area contributed by atoms with Crippen molar-refractivity contribution < 1.29 is 9.47 Å². The minimum atomic E-state index is 0.426. The molecule has 1 aliphatic heterocycles. The topological polar surface area (TPSA) is 33.7 Å². The summed E-state index contributed by atoms with van der Waals surface area (Å²) in [7, 11) is 5.93. The maximum absolute atomic E-state index is 5.37. The van der Waals surface area contributed by atoms with Crippen molar-refractivity contribution >= 4 is 0 Å². The second kappa shape index (κ2) is 8.01. The summed E-state index contributed by atoms with van der Waals surface area (Å²) in [5, 5.41) is 3.28. The Bertz CT molecular complexity index is 166. The number of hydrogen-bond donors (Lipinski definition) is 1. The Labute approximate surface area is 99.3 Å². The molecular formula is C12H26N2O2. The minimum absolute atomic E-state index is 0.426. The van der Waals surface area contributed by atoms with E-state index in [0.29, 0.717) is 6.04 Å². The van der Waals surface area contributed by atoms with E-state index in [9.17, 15) is 0 Å². The van der Waals surface area contributed by atoms with E-state index >= 15 is 0 Å². The lowest BCUT2D eigenvalue weighted by atomic mass is 10.00. The first-order valence-electron chi connectivity index (χ1n) is 6.18. The van der Waals surface area contributed by atoms with Crippen molar-refractivity contribution in [1.29, 1.82) is 0 Å². The summed E-state index contributed by atoms with van der Waals surface area (Å²) in [4.78, 5) is 2.40. The van der Waals surface area contributed by atoms with Crippen LogP contribution in [0.1, 0.15) is 12.8 Å². The highest BCUT2D eigenvalue weighted by Gasteiger charge is 2.17. The van der Waals surface area contributed by atoms with E-state index in [1.165, 1.54) is 19.4 Å². The lowest BCUT2D eigenvalue weighted by Crippen LogP contribution is -2.42. The molecule has 4 heteroatoms. The molecular weight excluding hydrogens is 204 g/mol. The van der Waals surface area contributed by atoms with E-state index in [2.05, 4.69) is 17.3 Å². The zero-order valence-electron chi connectivity index (χ0n) is 10.9. The first-order valence-corrected chi connectivity index (χ1v) is 6.18. The average molecular weight is 230 g/mol. The fourth-order valence-corrected chi connectivity index (χ4v) is 2.25. The maximum atomic E-state index is 5.37. The highest BCUT2D eigenvalue weighted by atomic mass is 16.5. The second-order valence-corrected chi connectivity index (χ2v) is 4.72. The molecule has 0 radical (unpaired) electrons. The van der Waals surface area contributed by atoms with E-state index in [1.807, 2.05) is 7.05 Å². The van der Waals surface area contributed by atoms with Crippen molar-refractivity contribution in [2.24, 2.45) is 5.92 Å². The van der Waals surface area contributed by atoms with E-state index in [-0.39, 0.29) is 0 Å². The van der Waals surface area contributed by atoms with Gasteiger partial charge >= 0.3 is 0 Å². The van der Waals surface area contributed by atoms with Gasteiger partial charge in [0.05, 0.1) is 6.61 Å². The number of hydrogen-bond acceptors (Lipinski definition) is 4. The van der Waals surface area contributed by atoms with Gasteiger partial charge < -0.3 is 19.7 Å². The van der Waals surface area contributed by atoms with Crippen molar-refractivity contribution in [3.8, 4) is 0 Å². The Morgan fingerprint density at radius 3 is 2.69 bits per heavy atom. The molecule has 0 aliphatic carbocycles. The van der Waals surface area contributed by atoms with Gasteiger partial charge in [-0.05, 0) is 32.9 Å². The summed E-state index contributed by atoms with van der Waals surface area (Å²) >= 11 is 0. The predicted molar refractivity (Wildman–Crippen MR) is 65.8 cm³/mol. The molecule has 4 nitrogen and oxygen atoms in total.